The van der Waals surface area contributed by atoms with Crippen molar-refractivity contribution in [2.45, 2.75) is 56.8 Å². The molecule has 4 rings (SSSR count). The van der Waals surface area contributed by atoms with Gasteiger partial charge in [-0.15, -0.1) is 11.3 Å². The molecule has 10 heteroatoms. The van der Waals surface area contributed by atoms with Crippen LogP contribution in [0.5, 0.6) is 5.75 Å². The predicted octanol–water partition coefficient (Wildman–Crippen LogP) is 4.64. The second-order valence-corrected chi connectivity index (χ2v) is 11.8. The fraction of sp³-hybridized carbons (Fsp3) is 0.462. The monoisotopic (exact) mass is 532 g/mol. The third-order valence-electron chi connectivity index (χ3n) is 6.44. The van der Waals surface area contributed by atoms with Gasteiger partial charge in [0, 0.05) is 24.0 Å². The Morgan fingerprint density at radius 3 is 2.58 bits per heavy atom. The Labute approximate surface area is 216 Å². The van der Waals surface area contributed by atoms with Gasteiger partial charge in [-0.3, -0.25) is 4.79 Å². The molecule has 0 atom stereocenters. The van der Waals surface area contributed by atoms with Crippen molar-refractivity contribution < 1.29 is 27.5 Å². The first kappa shape index (κ1) is 26.4. The van der Waals surface area contributed by atoms with Crippen molar-refractivity contribution in [1.82, 2.24) is 4.31 Å². The van der Waals surface area contributed by atoms with Gasteiger partial charge >= 0.3 is 5.97 Å². The lowest BCUT2D eigenvalue weighted by molar-refractivity contribution is -0.111. The zero-order chi connectivity index (χ0) is 25.7. The fourth-order valence-electron chi connectivity index (χ4n) is 4.64. The first-order chi connectivity index (χ1) is 17.3. The van der Waals surface area contributed by atoms with Crippen LogP contribution >= 0.6 is 11.3 Å². The summed E-state index contributed by atoms with van der Waals surface area (Å²) < 4.78 is 38.6. The van der Waals surface area contributed by atoms with Crippen LogP contribution in [0.3, 0.4) is 0 Å². The molecule has 8 nitrogen and oxygen atoms in total. The molecule has 2 aromatic rings. The quantitative estimate of drug-likeness (QED) is 0.393. The van der Waals surface area contributed by atoms with Crippen LogP contribution < -0.4 is 10.1 Å². The minimum Gasteiger partial charge on any atom is -0.495 e. The molecule has 0 unspecified atom stereocenters. The zero-order valence-electron chi connectivity index (χ0n) is 20.7. The first-order valence-electron chi connectivity index (χ1n) is 12.3. The molecule has 1 aliphatic carbocycles. The Hall–Kier alpha value is -2.69. The van der Waals surface area contributed by atoms with Gasteiger partial charge < -0.3 is 14.8 Å². The number of benzene rings is 1. The summed E-state index contributed by atoms with van der Waals surface area (Å²) in [7, 11) is -2.27. The number of anilines is 1. The highest BCUT2D eigenvalue weighted by Crippen LogP contribution is 2.38. The zero-order valence-corrected chi connectivity index (χ0v) is 22.3. The lowest BCUT2D eigenvalue weighted by Crippen LogP contribution is -2.35. The van der Waals surface area contributed by atoms with E-state index < -0.39 is 21.9 Å². The van der Waals surface area contributed by atoms with Crippen molar-refractivity contribution in [2.24, 2.45) is 0 Å². The van der Waals surface area contributed by atoms with E-state index in [2.05, 4.69) is 5.32 Å². The van der Waals surface area contributed by atoms with Crippen molar-refractivity contribution in [3.05, 3.63) is 45.8 Å². The van der Waals surface area contributed by atoms with Crippen LogP contribution in [-0.2, 0) is 32.4 Å². The Bertz CT molecular complexity index is 1260. The molecule has 0 bridgehead atoms. The molecule has 1 N–H and O–H groups in total. The number of aryl methyl sites for hydroxylation is 1. The number of methoxy groups -OCH3 is 1. The minimum atomic E-state index is -3.71. The van der Waals surface area contributed by atoms with E-state index >= 15 is 0 Å². The molecule has 1 aliphatic heterocycles. The number of ether oxygens (including phenoxy) is 2. The van der Waals surface area contributed by atoms with Gasteiger partial charge in [0.15, 0.2) is 0 Å². The molecular weight excluding hydrogens is 500 g/mol. The molecule has 0 spiro atoms. The van der Waals surface area contributed by atoms with Crippen LogP contribution in [0.2, 0.25) is 0 Å². The summed E-state index contributed by atoms with van der Waals surface area (Å²) in [4.78, 5) is 26.6. The summed E-state index contributed by atoms with van der Waals surface area (Å²) in [6.45, 7) is 2.99. The average molecular weight is 533 g/mol. The Morgan fingerprint density at radius 1 is 1.11 bits per heavy atom. The molecular formula is C26H32N2O6S2. The molecule has 36 heavy (non-hydrogen) atoms. The summed E-state index contributed by atoms with van der Waals surface area (Å²) >= 11 is 1.42. The van der Waals surface area contributed by atoms with E-state index in [-0.39, 0.29) is 17.3 Å². The van der Waals surface area contributed by atoms with Crippen LogP contribution in [0.1, 0.15) is 65.4 Å². The molecule has 1 amide bonds. The first-order valence-corrected chi connectivity index (χ1v) is 14.6. The number of thiophene rings is 1. The Morgan fingerprint density at radius 2 is 1.86 bits per heavy atom. The van der Waals surface area contributed by atoms with E-state index in [1.807, 2.05) is 0 Å². The second-order valence-electron chi connectivity index (χ2n) is 8.83. The minimum absolute atomic E-state index is 0.0880. The maximum atomic E-state index is 13.2. The number of piperidine rings is 1. The van der Waals surface area contributed by atoms with E-state index in [9.17, 15) is 18.0 Å². The molecule has 1 fully saturated rings. The number of sulfonamides is 1. The number of fused-ring (bicyclic) bond motifs is 1. The van der Waals surface area contributed by atoms with E-state index in [0.717, 1.165) is 55.4 Å². The van der Waals surface area contributed by atoms with Gasteiger partial charge in [-0.25, -0.2) is 13.2 Å². The third-order valence-corrected chi connectivity index (χ3v) is 9.56. The van der Waals surface area contributed by atoms with E-state index in [1.54, 1.807) is 25.1 Å². The molecule has 1 saturated heterocycles. The molecule has 0 radical (unpaired) electrons. The number of esters is 1. The van der Waals surface area contributed by atoms with Crippen molar-refractivity contribution >= 4 is 44.3 Å². The third kappa shape index (κ3) is 5.66. The summed E-state index contributed by atoms with van der Waals surface area (Å²) in [5, 5.41) is 3.34. The van der Waals surface area contributed by atoms with Crippen LogP contribution in [0.4, 0.5) is 5.00 Å². The van der Waals surface area contributed by atoms with E-state index in [4.69, 9.17) is 9.47 Å². The number of amides is 1. The number of hydrogen-bond acceptors (Lipinski definition) is 7. The number of rotatable bonds is 8. The molecule has 2 heterocycles. The number of hydrogen-bond donors (Lipinski definition) is 1. The van der Waals surface area contributed by atoms with Crippen LogP contribution in [0.15, 0.2) is 29.2 Å². The van der Waals surface area contributed by atoms with Gasteiger partial charge in [-0.1, -0.05) is 12.5 Å². The van der Waals surface area contributed by atoms with Gasteiger partial charge in [-0.2, -0.15) is 4.31 Å². The van der Waals surface area contributed by atoms with E-state index in [0.29, 0.717) is 29.2 Å². The van der Waals surface area contributed by atoms with Crippen LogP contribution in [0, 0.1) is 0 Å². The number of carbonyl (C=O) groups excluding carboxylic acids is 2. The Balaban J connectivity index is 1.56. The summed E-state index contributed by atoms with van der Waals surface area (Å²) in [6, 6.07) is 4.83. The molecule has 0 saturated carbocycles. The lowest BCUT2D eigenvalue weighted by Gasteiger charge is -2.26. The highest BCUT2D eigenvalue weighted by molar-refractivity contribution is 7.89. The normalized spacial score (nSPS) is 16.5. The topological polar surface area (TPSA) is 102 Å². The molecule has 2 aliphatic rings. The maximum absolute atomic E-state index is 13.2. The highest BCUT2D eigenvalue weighted by Gasteiger charge is 2.29. The molecule has 1 aromatic heterocycles. The number of nitrogens with zero attached hydrogens (tertiary/aromatic N) is 1. The number of carbonyl (C=O) groups is 2. The van der Waals surface area contributed by atoms with Gasteiger partial charge in [0.05, 0.1) is 19.3 Å². The summed E-state index contributed by atoms with van der Waals surface area (Å²) in [5.74, 6) is -0.556. The standard InChI is InChI=1S/C26H32N2O6S2/c1-3-34-26(30)24-19-9-5-6-10-21(19)35-25(24)27-23(29)14-12-18-11-13-20(33-2)22(17-18)36(31,32)28-15-7-4-8-16-28/h11-14,17H,3-10,15-16H2,1-2H3,(H,27,29)/b14-12-. The van der Waals surface area contributed by atoms with Crippen molar-refractivity contribution in [3.63, 3.8) is 0 Å². The Kier molecular flexibility index (Phi) is 8.48. The largest absolute Gasteiger partial charge is 0.495 e. The summed E-state index contributed by atoms with van der Waals surface area (Å²) in [5.41, 5.74) is 1.99. The maximum Gasteiger partial charge on any atom is 0.341 e. The number of nitrogens with one attached hydrogen (secondary N) is 1. The van der Waals surface area contributed by atoms with Crippen molar-refractivity contribution in [2.75, 3.05) is 32.1 Å². The van der Waals surface area contributed by atoms with E-state index in [1.165, 1.54) is 34.9 Å². The van der Waals surface area contributed by atoms with Crippen LogP contribution in [0.25, 0.3) is 6.08 Å². The SMILES string of the molecule is CCOC(=O)c1c(NC(=O)/C=C\c2ccc(OC)c(S(=O)(=O)N3CCCCC3)c2)sc2c1CCCC2. The van der Waals surface area contributed by atoms with Crippen molar-refractivity contribution in [1.29, 1.82) is 0 Å². The van der Waals surface area contributed by atoms with Gasteiger partial charge in [0.25, 0.3) is 0 Å². The van der Waals surface area contributed by atoms with Gasteiger partial charge in [0.2, 0.25) is 15.9 Å². The lowest BCUT2D eigenvalue weighted by atomic mass is 9.95. The smallest absolute Gasteiger partial charge is 0.341 e. The van der Waals surface area contributed by atoms with Crippen molar-refractivity contribution in [3.8, 4) is 5.75 Å². The summed E-state index contributed by atoms with van der Waals surface area (Å²) in [6.07, 6.45) is 9.33. The van der Waals surface area contributed by atoms with Gasteiger partial charge in [-0.05, 0) is 74.8 Å². The van der Waals surface area contributed by atoms with Gasteiger partial charge in [0.1, 0.15) is 15.6 Å². The predicted molar refractivity (Wildman–Crippen MR) is 140 cm³/mol. The highest BCUT2D eigenvalue weighted by atomic mass is 32.2. The molecule has 1 aromatic carbocycles. The molecule has 194 valence electrons. The average Bonchev–Trinajstić information content (AvgIpc) is 3.25. The second kappa shape index (κ2) is 11.6. The fourth-order valence-corrected chi connectivity index (χ4v) is 7.63. The van der Waals surface area contributed by atoms with Crippen LogP contribution in [-0.4, -0.2) is 51.4 Å².